The number of carbonyl (C=O) groups is 2. The van der Waals surface area contributed by atoms with Crippen LogP contribution in [0.25, 0.3) is 0 Å². The van der Waals surface area contributed by atoms with Gasteiger partial charge in [-0.05, 0) is 54.7 Å². The number of thiol groups is 1. The van der Waals surface area contributed by atoms with Gasteiger partial charge < -0.3 is 20.4 Å². The van der Waals surface area contributed by atoms with Crippen molar-refractivity contribution in [3.63, 3.8) is 0 Å². The van der Waals surface area contributed by atoms with Crippen LogP contribution in [0.3, 0.4) is 0 Å². The highest BCUT2D eigenvalue weighted by Gasteiger charge is 2.33. The molecule has 0 spiro atoms. The molecule has 0 aromatic heterocycles. The van der Waals surface area contributed by atoms with Gasteiger partial charge in [0.1, 0.15) is 0 Å². The molecule has 1 aromatic rings. The van der Waals surface area contributed by atoms with Crippen LogP contribution in [0.2, 0.25) is 0 Å². The number of benzene rings is 1. The van der Waals surface area contributed by atoms with Crippen LogP contribution >= 0.6 is 10.9 Å². The lowest BCUT2D eigenvalue weighted by atomic mass is 10.1. The van der Waals surface area contributed by atoms with Crippen LogP contribution in [0.4, 0.5) is 11.4 Å². The summed E-state index contributed by atoms with van der Waals surface area (Å²) in [5.74, 6) is 0.386. The van der Waals surface area contributed by atoms with E-state index in [0.717, 1.165) is 75.3 Å². The molecule has 4 aliphatic rings. The van der Waals surface area contributed by atoms with E-state index < -0.39 is 10.9 Å². The zero-order valence-electron chi connectivity index (χ0n) is 18.6. The second-order valence-electron chi connectivity index (χ2n) is 9.21. The molecule has 1 saturated carbocycles. The molecule has 3 fully saturated rings. The third-order valence-corrected chi connectivity index (χ3v) is 9.02. The standard InChI is InChI=1S/C25H34N4O2S/c30-24(19-7-8-19)27-20-9-10-21(22(17-20)28-12-3-1-2-4-13-28)25(31)29-14-11-26-18-23(29)32-15-5-6-16-32/h5-6,9-10,15-17,19,23,26,32H,1-4,7-8,11-14,18H2,(H,27,30). The number of rotatable bonds is 5. The Morgan fingerprint density at radius 1 is 1.00 bits per heavy atom. The molecule has 3 heterocycles. The molecule has 172 valence electrons. The molecule has 2 N–H and O–H groups in total. The quantitative estimate of drug-likeness (QED) is 0.592. The van der Waals surface area contributed by atoms with E-state index in [-0.39, 0.29) is 23.1 Å². The molecule has 1 aliphatic carbocycles. The SMILES string of the molecule is O=C(Nc1ccc(C(=O)N2CCNCC2[SH]2C=CC=C2)c(N2CCCCCC2)c1)C1CC1. The number of carbonyl (C=O) groups excluding carboxylic acids is 2. The summed E-state index contributed by atoms with van der Waals surface area (Å²) in [4.78, 5) is 30.7. The van der Waals surface area contributed by atoms with Gasteiger partial charge in [0.2, 0.25) is 5.91 Å². The minimum Gasteiger partial charge on any atom is -0.371 e. The van der Waals surface area contributed by atoms with E-state index in [1.165, 1.54) is 12.8 Å². The summed E-state index contributed by atoms with van der Waals surface area (Å²) in [6.07, 6.45) is 10.9. The average Bonchev–Trinajstić information content (AvgIpc) is 3.60. The number of nitrogens with one attached hydrogen (secondary N) is 2. The first-order chi connectivity index (χ1) is 15.7. The summed E-state index contributed by atoms with van der Waals surface area (Å²) in [6.45, 7) is 4.31. The minimum atomic E-state index is -0.461. The van der Waals surface area contributed by atoms with Crippen LogP contribution in [0, 0.1) is 5.92 Å². The molecule has 0 bridgehead atoms. The topological polar surface area (TPSA) is 64.7 Å². The van der Waals surface area contributed by atoms with Crippen LogP contribution in [0.1, 0.15) is 48.9 Å². The van der Waals surface area contributed by atoms with E-state index in [0.29, 0.717) is 0 Å². The zero-order chi connectivity index (χ0) is 21.9. The zero-order valence-corrected chi connectivity index (χ0v) is 19.5. The predicted molar refractivity (Wildman–Crippen MR) is 133 cm³/mol. The van der Waals surface area contributed by atoms with Crippen molar-refractivity contribution in [2.45, 2.75) is 43.9 Å². The predicted octanol–water partition coefficient (Wildman–Crippen LogP) is 3.83. The first kappa shape index (κ1) is 21.6. The van der Waals surface area contributed by atoms with Gasteiger partial charge >= 0.3 is 0 Å². The third kappa shape index (κ3) is 4.74. The van der Waals surface area contributed by atoms with Gasteiger partial charge in [-0.2, -0.15) is 10.9 Å². The normalized spacial score (nSPS) is 24.5. The smallest absolute Gasteiger partial charge is 0.256 e. The maximum absolute atomic E-state index is 13.9. The Labute approximate surface area is 193 Å². The summed E-state index contributed by atoms with van der Waals surface area (Å²) in [7, 11) is -0.461. The van der Waals surface area contributed by atoms with Gasteiger partial charge in [-0.1, -0.05) is 25.0 Å². The summed E-state index contributed by atoms with van der Waals surface area (Å²) in [6, 6.07) is 5.89. The van der Waals surface area contributed by atoms with Crippen molar-refractivity contribution in [1.82, 2.24) is 10.2 Å². The molecule has 1 atom stereocenters. The molecule has 32 heavy (non-hydrogen) atoms. The molecule has 2 amide bonds. The average molecular weight is 455 g/mol. The van der Waals surface area contributed by atoms with Gasteiger partial charge in [-0.3, -0.25) is 9.59 Å². The van der Waals surface area contributed by atoms with Crippen LogP contribution in [0.15, 0.2) is 41.2 Å². The van der Waals surface area contributed by atoms with E-state index >= 15 is 0 Å². The van der Waals surface area contributed by atoms with Crippen molar-refractivity contribution in [3.8, 4) is 0 Å². The fraction of sp³-hybridized carbons (Fsp3) is 0.520. The third-order valence-electron chi connectivity index (χ3n) is 6.84. The van der Waals surface area contributed by atoms with Crippen molar-refractivity contribution in [2.24, 2.45) is 5.92 Å². The second kappa shape index (κ2) is 9.71. The number of piperazine rings is 1. The van der Waals surface area contributed by atoms with E-state index in [2.05, 4.69) is 43.4 Å². The monoisotopic (exact) mass is 454 g/mol. The molecule has 1 unspecified atom stereocenters. The number of hydrogen-bond acceptors (Lipinski definition) is 4. The number of nitrogens with zero attached hydrogens (tertiary/aromatic N) is 2. The molecule has 6 nitrogen and oxygen atoms in total. The minimum absolute atomic E-state index is 0.107. The Kier molecular flexibility index (Phi) is 6.55. The molecule has 5 rings (SSSR count). The maximum atomic E-state index is 13.9. The highest BCUT2D eigenvalue weighted by molar-refractivity contribution is 8.22. The van der Waals surface area contributed by atoms with Gasteiger partial charge in [0.15, 0.2) is 0 Å². The number of anilines is 2. The molecule has 0 radical (unpaired) electrons. The summed E-state index contributed by atoms with van der Waals surface area (Å²) in [5, 5.41) is 11.2. The number of hydrogen-bond donors (Lipinski definition) is 3. The molecule has 1 aromatic carbocycles. The fourth-order valence-corrected chi connectivity index (χ4v) is 6.82. The van der Waals surface area contributed by atoms with E-state index in [9.17, 15) is 9.59 Å². The van der Waals surface area contributed by atoms with E-state index in [1.807, 2.05) is 18.2 Å². The summed E-state index contributed by atoms with van der Waals surface area (Å²) < 4.78 is 0. The highest BCUT2D eigenvalue weighted by atomic mass is 32.2. The van der Waals surface area contributed by atoms with Crippen LogP contribution in [-0.2, 0) is 4.79 Å². The van der Waals surface area contributed by atoms with Crippen molar-refractivity contribution in [3.05, 3.63) is 46.7 Å². The Bertz CT molecular complexity index is 907. The van der Waals surface area contributed by atoms with E-state index in [4.69, 9.17) is 0 Å². The molecule has 2 saturated heterocycles. The first-order valence-corrected chi connectivity index (χ1v) is 13.6. The van der Waals surface area contributed by atoms with Crippen LogP contribution in [0.5, 0.6) is 0 Å². The van der Waals surface area contributed by atoms with E-state index in [1.54, 1.807) is 0 Å². The Balaban J connectivity index is 1.45. The highest BCUT2D eigenvalue weighted by Crippen LogP contribution is 2.41. The molecule has 3 aliphatic heterocycles. The second-order valence-corrected chi connectivity index (χ2v) is 11.3. The van der Waals surface area contributed by atoms with Crippen LogP contribution < -0.4 is 15.5 Å². The summed E-state index contributed by atoms with van der Waals surface area (Å²) in [5.41, 5.74) is 2.55. The van der Waals surface area contributed by atoms with Crippen molar-refractivity contribution in [2.75, 3.05) is 42.9 Å². The Morgan fingerprint density at radius 3 is 2.47 bits per heavy atom. The van der Waals surface area contributed by atoms with Gasteiger partial charge in [-0.15, -0.1) is 0 Å². The van der Waals surface area contributed by atoms with Crippen molar-refractivity contribution < 1.29 is 9.59 Å². The maximum Gasteiger partial charge on any atom is 0.256 e. The number of amides is 2. The lowest BCUT2D eigenvalue weighted by Gasteiger charge is -2.40. The Morgan fingerprint density at radius 2 is 1.75 bits per heavy atom. The van der Waals surface area contributed by atoms with Crippen molar-refractivity contribution in [1.29, 1.82) is 0 Å². The fourth-order valence-electron chi connectivity index (χ4n) is 4.85. The largest absolute Gasteiger partial charge is 0.371 e. The molecular weight excluding hydrogens is 420 g/mol. The van der Waals surface area contributed by atoms with Gasteiger partial charge in [0.25, 0.3) is 5.91 Å². The Hall–Kier alpha value is -2.25. The lowest BCUT2D eigenvalue weighted by Crippen LogP contribution is -2.53. The molecule has 7 heteroatoms. The van der Waals surface area contributed by atoms with Gasteiger partial charge in [-0.25, -0.2) is 0 Å². The number of allylic oxidation sites excluding steroid dienone is 2. The lowest BCUT2D eigenvalue weighted by molar-refractivity contribution is -0.117. The van der Waals surface area contributed by atoms with Crippen LogP contribution in [-0.4, -0.2) is 54.8 Å². The molecular formula is C25H34N4O2S. The summed E-state index contributed by atoms with van der Waals surface area (Å²) >= 11 is 0. The van der Waals surface area contributed by atoms with Crippen molar-refractivity contribution >= 4 is 34.1 Å². The van der Waals surface area contributed by atoms with Gasteiger partial charge in [0, 0.05) is 44.3 Å². The van der Waals surface area contributed by atoms with Gasteiger partial charge in [0.05, 0.1) is 16.6 Å². The first-order valence-electron chi connectivity index (χ1n) is 12.0.